The molecule has 4 aliphatic rings. The van der Waals surface area contributed by atoms with Gasteiger partial charge in [-0.1, -0.05) is 111 Å². The predicted octanol–water partition coefficient (Wildman–Crippen LogP) is 19.4. The molecule has 0 fully saturated rings. The van der Waals surface area contributed by atoms with E-state index in [0.717, 1.165) is 110 Å². The highest BCUT2D eigenvalue weighted by molar-refractivity contribution is 5.98. The van der Waals surface area contributed by atoms with Crippen LogP contribution in [0.4, 0.5) is 45.5 Å². The van der Waals surface area contributed by atoms with Crippen molar-refractivity contribution >= 4 is 57.4 Å². The zero-order valence-corrected chi connectivity index (χ0v) is 52.9. The lowest BCUT2D eigenvalue weighted by atomic mass is 9.74. The van der Waals surface area contributed by atoms with E-state index in [1.807, 2.05) is 48.5 Å². The molecule has 2 spiro atoms. The van der Waals surface area contributed by atoms with E-state index in [1.54, 1.807) is 0 Å². The van der Waals surface area contributed by atoms with Crippen molar-refractivity contribution in [3.63, 3.8) is 0 Å². The molecular weight excluding hydrogens is 1110 g/mol. The van der Waals surface area contributed by atoms with Crippen LogP contribution in [-0.2, 0) is 26.1 Å². The van der Waals surface area contributed by atoms with Crippen molar-refractivity contribution in [2.45, 2.75) is 92.3 Å². The van der Waals surface area contributed by atoms with Gasteiger partial charge in [-0.15, -0.1) is 0 Å². The highest BCUT2D eigenvalue weighted by Crippen LogP contribution is 2.60. The molecule has 90 heavy (non-hydrogen) atoms. The summed E-state index contributed by atoms with van der Waals surface area (Å²) >= 11 is 0. The second-order valence-corrected chi connectivity index (χ2v) is 24.4. The molecule has 450 valence electrons. The number of anilines is 8. The van der Waals surface area contributed by atoms with Gasteiger partial charge in [-0.3, -0.25) is 0 Å². The van der Waals surface area contributed by atoms with Gasteiger partial charge in [0.15, 0.2) is 11.2 Å². The van der Waals surface area contributed by atoms with E-state index in [-0.39, 0.29) is 17.4 Å². The molecule has 10 heteroatoms. The lowest BCUT2D eigenvalue weighted by Crippen LogP contribution is -2.33. The van der Waals surface area contributed by atoms with E-state index in [9.17, 15) is 9.59 Å². The summed E-state index contributed by atoms with van der Waals surface area (Å²) in [4.78, 5) is 37.4. The van der Waals surface area contributed by atoms with Gasteiger partial charge < -0.3 is 38.5 Å². The number of hydrogen-bond donors (Lipinski definition) is 0. The molecule has 0 radical (unpaired) electrons. The first kappa shape index (κ1) is 57.7. The largest absolute Gasteiger partial charge is 0.456 e. The van der Waals surface area contributed by atoms with Gasteiger partial charge in [-0.2, -0.15) is 0 Å². The first-order chi connectivity index (χ1) is 43.7. The van der Waals surface area contributed by atoms with Crippen LogP contribution in [0.3, 0.4) is 0 Å². The summed E-state index contributed by atoms with van der Waals surface area (Å²) in [6.45, 7) is 24.6. The zero-order valence-electron chi connectivity index (χ0n) is 52.9. The van der Waals surface area contributed by atoms with Crippen molar-refractivity contribution in [3.05, 3.63) is 284 Å². The Kier molecular flexibility index (Phi) is 14.2. The summed E-state index contributed by atoms with van der Waals surface area (Å²) in [5, 5.41) is 0. The Morgan fingerprint density at radius 1 is 0.344 bits per heavy atom. The lowest BCUT2D eigenvalue weighted by Gasteiger charge is -2.39. The number of aryl methyl sites for hydroxylation is 4. The van der Waals surface area contributed by atoms with Crippen molar-refractivity contribution in [3.8, 4) is 23.0 Å². The summed E-state index contributed by atoms with van der Waals surface area (Å²) in [6, 6.07) is 71.5. The van der Waals surface area contributed by atoms with Gasteiger partial charge in [0.25, 0.3) is 0 Å². The molecule has 10 aromatic carbocycles. The van der Waals surface area contributed by atoms with Crippen LogP contribution in [0.25, 0.3) is 0 Å². The fourth-order valence-corrected chi connectivity index (χ4v) is 14.8. The van der Waals surface area contributed by atoms with Crippen LogP contribution in [0.2, 0.25) is 0 Å². The smallest absolute Gasteiger partial charge is 0.340 e. The van der Waals surface area contributed by atoms with Gasteiger partial charge in [0, 0.05) is 123 Å². The molecule has 4 aliphatic heterocycles. The van der Waals surface area contributed by atoms with Gasteiger partial charge >= 0.3 is 11.9 Å². The molecule has 10 nitrogen and oxygen atoms in total. The number of hydrogen-bond acceptors (Lipinski definition) is 10. The first-order valence-corrected chi connectivity index (χ1v) is 31.7. The molecule has 0 aliphatic carbocycles. The minimum atomic E-state index is -1.23. The number of fused-ring (bicyclic) bond motifs is 12. The predicted molar refractivity (Wildman–Crippen MR) is 362 cm³/mol. The third-order valence-electron chi connectivity index (χ3n) is 19.6. The van der Waals surface area contributed by atoms with Gasteiger partial charge in [0.05, 0.1) is 11.1 Å². The highest BCUT2D eigenvalue weighted by atomic mass is 16.6. The Hall–Kier alpha value is -10.1. The maximum Gasteiger partial charge on any atom is 0.340 e. The molecule has 0 N–H and O–H groups in total. The molecule has 4 heterocycles. The molecule has 0 bridgehead atoms. The number of ether oxygens (including phenoxy) is 4. The van der Waals surface area contributed by atoms with Crippen LogP contribution in [0, 0.1) is 27.7 Å². The highest BCUT2D eigenvalue weighted by Gasteiger charge is 2.56. The molecule has 0 saturated carbocycles. The maximum atomic E-state index is 14.1. The van der Waals surface area contributed by atoms with Gasteiger partial charge in [0.2, 0.25) is 0 Å². The summed E-state index contributed by atoms with van der Waals surface area (Å²) in [6.07, 6.45) is 0.871. The third kappa shape index (κ3) is 8.80. The molecule has 2 unspecified atom stereocenters. The summed E-state index contributed by atoms with van der Waals surface area (Å²) in [5.41, 5.74) is 18.2. The molecule has 0 saturated heterocycles. The first-order valence-electron chi connectivity index (χ1n) is 31.7. The van der Waals surface area contributed by atoms with Crippen LogP contribution in [0.5, 0.6) is 23.0 Å². The zero-order chi connectivity index (χ0) is 62.4. The second kappa shape index (κ2) is 22.2. The van der Waals surface area contributed by atoms with Crippen LogP contribution in [0.1, 0.15) is 135 Å². The SMILES string of the molecule is CCN(c1ccc2c(c1)Oc1cc(C)c(N(CC)c3ccc(C(C)(CC)c4ccc(N(CC)c5cc6c(cc5C)Oc5cc(N(CC)c7ccccc7C)ccc5C65OC(=O)c6ccccc65)cc4)cc3)cc1C21OC(=O)c2ccccc21)c1ccccc1C. The summed E-state index contributed by atoms with van der Waals surface area (Å²) < 4.78 is 27.4. The van der Waals surface area contributed by atoms with E-state index in [1.165, 1.54) is 22.3 Å². The monoisotopic (exact) mass is 1190 g/mol. The molecular formula is C80H74N4O6. The number of rotatable bonds is 15. The van der Waals surface area contributed by atoms with Gasteiger partial charge in [0.1, 0.15) is 23.0 Å². The molecule has 0 amide bonds. The summed E-state index contributed by atoms with van der Waals surface area (Å²) in [5.74, 6) is 1.91. The fourth-order valence-electron chi connectivity index (χ4n) is 14.8. The Morgan fingerprint density at radius 2 is 0.689 bits per heavy atom. The van der Waals surface area contributed by atoms with Gasteiger partial charge in [-0.05, 0) is 192 Å². The average Bonchev–Trinajstić information content (AvgIpc) is 1.44. The van der Waals surface area contributed by atoms with Crippen molar-refractivity contribution in [2.24, 2.45) is 0 Å². The average molecular weight is 1190 g/mol. The van der Waals surface area contributed by atoms with Crippen molar-refractivity contribution < 1.29 is 28.5 Å². The number of carbonyl (C=O) groups excluding carboxylic acids is 2. The maximum absolute atomic E-state index is 14.1. The number of para-hydroxylation sites is 2. The topological polar surface area (TPSA) is 84.0 Å². The second-order valence-electron chi connectivity index (χ2n) is 24.4. The molecule has 10 aromatic rings. The number of benzene rings is 10. The van der Waals surface area contributed by atoms with E-state index < -0.39 is 11.2 Å². The van der Waals surface area contributed by atoms with Gasteiger partial charge in [-0.25, -0.2) is 9.59 Å². The van der Waals surface area contributed by atoms with Crippen LogP contribution >= 0.6 is 0 Å². The number of nitrogens with zero attached hydrogens (tertiary/aromatic N) is 4. The lowest BCUT2D eigenvalue weighted by molar-refractivity contribution is 0.0214. The van der Waals surface area contributed by atoms with Crippen LogP contribution in [-0.4, -0.2) is 38.1 Å². The van der Waals surface area contributed by atoms with Crippen LogP contribution in [0.15, 0.2) is 206 Å². The molecule has 0 aromatic heterocycles. The minimum Gasteiger partial charge on any atom is -0.456 e. The van der Waals surface area contributed by atoms with Crippen LogP contribution < -0.4 is 29.1 Å². The Morgan fingerprint density at radius 3 is 1.07 bits per heavy atom. The number of esters is 2. The van der Waals surface area contributed by atoms with E-state index in [2.05, 4.69) is 247 Å². The Balaban J connectivity index is 0.770. The van der Waals surface area contributed by atoms with Crippen molar-refractivity contribution in [1.82, 2.24) is 0 Å². The standard InChI is InChI=1S/C80H74N4O6/c1-11-78(10,54-32-36-56(37-33-54)81(12-2)70-48-66-72(44-52(70)8)87-74-46-58(83(14-4)68-30-22-16-24-50(68)6)40-42-64(74)79(66)62-28-20-18-26-60(62)76(85)89-79)55-34-38-57(39-35-55)82(13-3)71-49-67-73(45-53(71)9)88-75-47-59(84(15-5)69-31-23-17-25-51(69)7)41-43-65(75)80(67)63-29-21-19-27-61(63)77(86)90-80/h16-49H,11-15H2,1-10H3. The quantitative estimate of drug-likeness (QED) is 0.0926. The fraction of sp³-hybridized carbons (Fsp3) is 0.225. The molecule has 14 rings (SSSR count). The normalized spacial score (nSPS) is 16.9. The van der Waals surface area contributed by atoms with E-state index in [4.69, 9.17) is 18.9 Å². The third-order valence-corrected chi connectivity index (χ3v) is 19.6. The van der Waals surface area contributed by atoms with E-state index >= 15 is 0 Å². The number of carbonyl (C=O) groups is 2. The Labute approximate surface area is 528 Å². The Bertz CT molecular complexity index is 4230. The molecule has 2 atom stereocenters. The van der Waals surface area contributed by atoms with E-state index in [0.29, 0.717) is 47.2 Å². The summed E-state index contributed by atoms with van der Waals surface area (Å²) in [7, 11) is 0. The van der Waals surface area contributed by atoms with Crippen molar-refractivity contribution in [1.29, 1.82) is 0 Å². The van der Waals surface area contributed by atoms with Crippen molar-refractivity contribution in [2.75, 3.05) is 45.8 Å². The minimum absolute atomic E-state index is 0.315.